The van der Waals surface area contributed by atoms with E-state index in [-0.39, 0.29) is 0 Å². The molecule has 0 unspecified atom stereocenters. The molecule has 20 rings (SSSR count). The normalized spacial score (nSPS) is 12.0. The second-order valence-electron chi connectivity index (χ2n) is 25.5. The van der Waals surface area contributed by atoms with Gasteiger partial charge >= 0.3 is 0 Å². The Kier molecular flexibility index (Phi) is 13.8. The maximum Gasteiger partial charge on any atom is 0.0703 e. The number of benzene rings is 16. The topological polar surface area (TPSA) is 30.8 Å². The Bertz CT molecular complexity index is 6110. The summed E-state index contributed by atoms with van der Waals surface area (Å²) >= 11 is 0. The van der Waals surface area contributed by atoms with Gasteiger partial charge in [-0.3, -0.25) is 4.98 Å². The first-order valence-corrected chi connectivity index (χ1v) is 33.8. The second kappa shape index (κ2) is 23.9. The summed E-state index contributed by atoms with van der Waals surface area (Å²) in [5.74, 6) is 0. The first kappa shape index (κ1) is 57.2. The number of rotatable bonds is 10. The molecule has 0 bridgehead atoms. The summed E-state index contributed by atoms with van der Waals surface area (Å²) in [7, 11) is 0. The molecule has 2 aromatic heterocycles. The van der Waals surface area contributed by atoms with Gasteiger partial charge in [-0.1, -0.05) is 224 Å². The lowest BCUT2D eigenvalue weighted by Crippen LogP contribution is -2.15. The average molecular weight is 1260 g/mol. The van der Waals surface area contributed by atoms with Crippen molar-refractivity contribution in [1.82, 2.24) is 9.55 Å². The zero-order chi connectivity index (χ0) is 65.3. The molecule has 0 saturated heterocycles. The minimum absolute atomic E-state index is 0.955. The minimum atomic E-state index is 0.955. The monoisotopic (exact) mass is 1260 g/mol. The zero-order valence-electron chi connectivity index (χ0n) is 54.0. The lowest BCUT2D eigenvalue weighted by molar-refractivity contribution is 1.18. The Labute approximate surface area is 574 Å². The molecule has 2 aliphatic rings. The number of para-hydroxylation sites is 4. The molecule has 0 radical (unpaired) electrons. The van der Waals surface area contributed by atoms with Crippen LogP contribution in [0.3, 0.4) is 0 Å². The lowest BCUT2D eigenvalue weighted by Gasteiger charge is -2.34. The van der Waals surface area contributed by atoms with E-state index in [0.717, 1.165) is 62.4 Å². The highest BCUT2D eigenvalue weighted by molar-refractivity contribution is 6.16. The molecule has 0 atom stereocenters. The van der Waals surface area contributed by atoms with Gasteiger partial charge in [0.15, 0.2) is 0 Å². The van der Waals surface area contributed by atoms with E-state index in [1.807, 2.05) is 24.4 Å². The Morgan fingerprint density at radius 1 is 0.232 bits per heavy atom. The number of hydrogen-bond donors (Lipinski definition) is 0. The van der Waals surface area contributed by atoms with Crippen molar-refractivity contribution in [3.05, 3.63) is 376 Å². The van der Waals surface area contributed by atoms with E-state index >= 15 is 0 Å². The van der Waals surface area contributed by atoms with Crippen LogP contribution in [0, 0.1) is 0 Å². The average Bonchev–Trinajstić information content (AvgIpc) is 1.72. The molecule has 6 nitrogen and oxygen atoms in total. The Morgan fingerprint density at radius 2 is 0.636 bits per heavy atom. The van der Waals surface area contributed by atoms with E-state index < -0.39 is 0 Å². The molecule has 0 saturated carbocycles. The molecular formula is C93H62N6. The van der Waals surface area contributed by atoms with E-state index in [0.29, 0.717) is 0 Å². The third kappa shape index (κ3) is 9.84. The lowest BCUT2D eigenvalue weighted by atomic mass is 9.91. The maximum absolute atomic E-state index is 4.89. The van der Waals surface area contributed by atoms with E-state index in [2.05, 4.69) is 376 Å². The molecular weight excluding hydrogens is 1200 g/mol. The van der Waals surface area contributed by atoms with E-state index in [1.54, 1.807) is 0 Å². The van der Waals surface area contributed by atoms with Gasteiger partial charge in [-0.15, -0.1) is 0 Å². The first-order valence-electron chi connectivity index (χ1n) is 33.8. The predicted octanol–water partition coefficient (Wildman–Crippen LogP) is 26.0. The molecule has 2 aliphatic heterocycles. The van der Waals surface area contributed by atoms with Gasteiger partial charge in [0.25, 0.3) is 0 Å². The van der Waals surface area contributed by atoms with Crippen molar-refractivity contribution in [1.29, 1.82) is 0 Å². The third-order valence-electron chi connectivity index (χ3n) is 19.8. The summed E-state index contributed by atoms with van der Waals surface area (Å²) in [6, 6.07) is 133. The smallest absolute Gasteiger partial charge is 0.0703 e. The summed E-state index contributed by atoms with van der Waals surface area (Å²) in [5.41, 5.74) is 24.2. The second-order valence-corrected chi connectivity index (χ2v) is 25.5. The number of pyridine rings is 1. The van der Waals surface area contributed by atoms with Gasteiger partial charge in [0.1, 0.15) is 0 Å². The highest BCUT2D eigenvalue weighted by atomic mass is 15.2. The van der Waals surface area contributed by atoms with E-state index in [1.165, 1.54) is 110 Å². The fraction of sp³-hybridized carbons (Fsp3) is 0. The van der Waals surface area contributed by atoms with Crippen LogP contribution in [0.25, 0.3) is 104 Å². The minimum Gasteiger partial charge on any atom is -0.310 e. The zero-order valence-corrected chi connectivity index (χ0v) is 54.0. The molecule has 0 fully saturated rings. The molecule has 18 aromatic rings. The van der Waals surface area contributed by atoms with Crippen LogP contribution in [-0.2, 0) is 0 Å². The van der Waals surface area contributed by atoms with Crippen LogP contribution in [0.5, 0.6) is 0 Å². The largest absolute Gasteiger partial charge is 0.310 e. The molecule has 4 heterocycles. The number of hydrogen-bond acceptors (Lipinski definition) is 5. The molecule has 0 spiro atoms. The van der Waals surface area contributed by atoms with E-state index in [4.69, 9.17) is 4.98 Å². The fourth-order valence-electron chi connectivity index (χ4n) is 15.4. The highest BCUT2D eigenvalue weighted by Crippen LogP contribution is 2.54. The van der Waals surface area contributed by atoms with Gasteiger partial charge in [-0.25, -0.2) is 0 Å². The van der Waals surface area contributed by atoms with Crippen LogP contribution in [0.15, 0.2) is 376 Å². The Balaban J connectivity index is 0.000000140. The molecule has 99 heavy (non-hydrogen) atoms. The van der Waals surface area contributed by atoms with Crippen molar-refractivity contribution in [2.24, 2.45) is 0 Å². The summed E-state index contributed by atoms with van der Waals surface area (Å²) in [4.78, 5) is 14.4. The number of aromatic nitrogens is 2. The van der Waals surface area contributed by atoms with Gasteiger partial charge in [0.05, 0.1) is 51.4 Å². The molecule has 0 N–H and O–H groups in total. The quantitative estimate of drug-likeness (QED) is 0.136. The molecule has 0 aliphatic carbocycles. The van der Waals surface area contributed by atoms with Gasteiger partial charge in [-0.05, 0) is 189 Å². The van der Waals surface area contributed by atoms with Crippen LogP contribution < -0.4 is 19.6 Å². The number of anilines is 12. The van der Waals surface area contributed by atoms with Gasteiger partial charge in [0.2, 0.25) is 0 Å². The fourth-order valence-corrected chi connectivity index (χ4v) is 15.4. The van der Waals surface area contributed by atoms with Crippen molar-refractivity contribution in [2.45, 2.75) is 0 Å². The van der Waals surface area contributed by atoms with Gasteiger partial charge in [0, 0.05) is 83.7 Å². The van der Waals surface area contributed by atoms with Crippen molar-refractivity contribution in [3.8, 4) is 39.2 Å². The summed E-state index contributed by atoms with van der Waals surface area (Å²) in [6.45, 7) is 0. The van der Waals surface area contributed by atoms with Crippen molar-refractivity contribution >= 4 is 133 Å². The maximum atomic E-state index is 4.89. The van der Waals surface area contributed by atoms with Gasteiger partial charge in [-0.2, -0.15) is 0 Å². The number of fused-ring (bicyclic) bond motifs is 9. The van der Waals surface area contributed by atoms with Crippen LogP contribution in [0.1, 0.15) is 0 Å². The van der Waals surface area contributed by atoms with Crippen LogP contribution in [-0.4, -0.2) is 9.55 Å². The van der Waals surface area contributed by atoms with Crippen LogP contribution in [0.2, 0.25) is 0 Å². The van der Waals surface area contributed by atoms with Crippen LogP contribution in [0.4, 0.5) is 68.2 Å². The number of nitrogens with zero attached hydrogens (tertiary/aromatic N) is 6. The first-order chi connectivity index (χ1) is 49.1. The molecule has 0 amide bonds. The highest BCUT2D eigenvalue weighted by Gasteiger charge is 2.29. The summed E-state index contributed by atoms with van der Waals surface area (Å²) < 4.78 is 2.37. The van der Waals surface area contributed by atoms with Crippen molar-refractivity contribution in [3.63, 3.8) is 0 Å². The Morgan fingerprint density at radius 3 is 1.19 bits per heavy atom. The predicted molar refractivity (Wildman–Crippen MR) is 417 cm³/mol. The Hall–Kier alpha value is -13.3. The summed E-state index contributed by atoms with van der Waals surface area (Å²) in [6.07, 6.45) is 1.98. The SMILES string of the molecule is c1ccc(-c2ccc(N(c3ccc(N4c5ccccc5-c5cccc6cccc4c56)cc3)c3ccc4ccccc4c3)cn2)cc1.c1ccc(-n2c3ccccc3c3cc(N(c4ccc(N5c6ccccc6-c6cccc7cccc5c67)cc4)c4ccc5ccccc5c4)ccc32)cc1. The molecule has 464 valence electrons. The molecule has 6 heteroatoms. The third-order valence-corrected chi connectivity index (χ3v) is 19.8. The van der Waals surface area contributed by atoms with Crippen LogP contribution >= 0.6 is 0 Å². The standard InChI is InChI=1S/C50H33N3.C43H29N3/c1-2-16-37(17-3-1)52-47-22-9-7-19-43(47)45-33-41(30-31-48(45)52)51(40-25-24-34-12-4-5-13-36(34)32-40)38-26-28-39(29-27-38)53-46-21-8-6-18-42(46)44-20-10-14-35-15-11-23-49(53)50(35)44;1-2-11-31(12-3-1)40-27-26-37(29-44-40)45(36-21-20-30-10-4-5-13-33(30)28-36)34-22-24-35(25-23-34)46-41-18-7-6-16-38(41)39-17-8-14-32-15-9-19-42(46)43(32)39/h1-33H;1-29H. The van der Waals surface area contributed by atoms with Crippen molar-refractivity contribution < 1.29 is 0 Å². The van der Waals surface area contributed by atoms with E-state index in [9.17, 15) is 0 Å². The molecule has 16 aromatic carbocycles. The van der Waals surface area contributed by atoms with Gasteiger partial charge < -0.3 is 24.2 Å². The summed E-state index contributed by atoms with van der Waals surface area (Å²) in [5, 5.41) is 12.4. The van der Waals surface area contributed by atoms with Crippen molar-refractivity contribution in [2.75, 3.05) is 19.6 Å².